The first-order chi connectivity index (χ1) is 8.24. The largest absolute Gasteiger partial charge is 0.497 e. The molecule has 0 bridgehead atoms. The van der Waals surface area contributed by atoms with Crippen LogP contribution in [-0.2, 0) is 0 Å². The molecule has 0 saturated carbocycles. The minimum Gasteiger partial charge on any atom is -0.497 e. The normalized spacial score (nSPS) is 9.65. The maximum absolute atomic E-state index is 9.08. The van der Waals surface area contributed by atoms with Crippen LogP contribution in [0.3, 0.4) is 0 Å². The Morgan fingerprint density at radius 3 is 2.71 bits per heavy atom. The number of nitrogens with two attached hydrogens (primary N) is 1. The molecule has 1 aromatic heterocycles. The third-order valence-electron chi connectivity index (χ3n) is 2.29. The quantitative estimate of drug-likeness (QED) is 0.840. The summed E-state index contributed by atoms with van der Waals surface area (Å²) in [5.41, 5.74) is 7.27. The van der Waals surface area contributed by atoms with Crippen molar-refractivity contribution in [2.45, 2.75) is 0 Å². The summed E-state index contributed by atoms with van der Waals surface area (Å²) in [6, 6.07) is 7.31. The van der Waals surface area contributed by atoms with Crippen LogP contribution in [0.25, 0.3) is 11.3 Å². The summed E-state index contributed by atoms with van der Waals surface area (Å²) in [4.78, 5) is 8.08. The van der Waals surface area contributed by atoms with Gasteiger partial charge in [-0.1, -0.05) is 0 Å². The zero-order valence-corrected chi connectivity index (χ0v) is 9.21. The summed E-state index contributed by atoms with van der Waals surface area (Å²) in [6.45, 7) is 0. The molecule has 0 saturated heterocycles. The van der Waals surface area contributed by atoms with Crippen molar-refractivity contribution in [3.63, 3.8) is 0 Å². The molecule has 5 heteroatoms. The van der Waals surface area contributed by atoms with Gasteiger partial charge in [0.25, 0.3) is 0 Å². The number of nitriles is 1. The first kappa shape index (κ1) is 10.9. The topological polar surface area (TPSA) is 84.8 Å². The van der Waals surface area contributed by atoms with Crippen LogP contribution in [0.5, 0.6) is 5.75 Å². The molecule has 0 fully saturated rings. The third kappa shape index (κ3) is 2.16. The van der Waals surface area contributed by atoms with Crippen LogP contribution in [0.1, 0.15) is 5.56 Å². The lowest BCUT2D eigenvalue weighted by molar-refractivity contribution is 0.414. The van der Waals surface area contributed by atoms with E-state index in [2.05, 4.69) is 16.0 Å². The van der Waals surface area contributed by atoms with E-state index in [1.807, 2.05) is 0 Å². The van der Waals surface area contributed by atoms with Gasteiger partial charge in [-0.25, -0.2) is 4.98 Å². The van der Waals surface area contributed by atoms with E-state index in [4.69, 9.17) is 15.7 Å². The highest BCUT2D eigenvalue weighted by Crippen LogP contribution is 2.25. The first-order valence-corrected chi connectivity index (χ1v) is 4.90. The number of anilines is 1. The molecular weight excluding hydrogens is 216 g/mol. The van der Waals surface area contributed by atoms with Crippen molar-refractivity contribution in [3.8, 4) is 23.1 Å². The first-order valence-electron chi connectivity index (χ1n) is 4.90. The van der Waals surface area contributed by atoms with Crippen molar-refractivity contribution in [3.05, 3.63) is 36.2 Å². The van der Waals surface area contributed by atoms with Crippen molar-refractivity contribution in [2.75, 3.05) is 12.8 Å². The number of nitrogen functional groups attached to an aromatic ring is 1. The summed E-state index contributed by atoms with van der Waals surface area (Å²) in [7, 11) is 1.55. The lowest BCUT2D eigenvalue weighted by Gasteiger charge is -2.05. The number of hydrogen-bond donors (Lipinski definition) is 1. The molecule has 2 rings (SSSR count). The molecule has 2 aromatic rings. The van der Waals surface area contributed by atoms with E-state index in [1.54, 1.807) is 25.3 Å². The summed E-state index contributed by atoms with van der Waals surface area (Å²) < 4.78 is 5.06. The summed E-state index contributed by atoms with van der Waals surface area (Å²) in [5, 5.41) is 9.08. The van der Waals surface area contributed by atoms with Crippen LogP contribution in [0.2, 0.25) is 0 Å². The summed E-state index contributed by atoms with van der Waals surface area (Å²) >= 11 is 0. The maximum atomic E-state index is 9.08. The molecule has 0 unspecified atom stereocenters. The fourth-order valence-corrected chi connectivity index (χ4v) is 1.44. The van der Waals surface area contributed by atoms with Gasteiger partial charge in [0.2, 0.25) is 0 Å². The second-order valence-electron chi connectivity index (χ2n) is 3.35. The van der Waals surface area contributed by atoms with Crippen LogP contribution in [0.15, 0.2) is 30.6 Å². The van der Waals surface area contributed by atoms with E-state index in [9.17, 15) is 0 Å². The van der Waals surface area contributed by atoms with Gasteiger partial charge in [-0.15, -0.1) is 0 Å². The molecule has 0 aliphatic carbocycles. The predicted molar refractivity (Wildman–Crippen MR) is 63.1 cm³/mol. The van der Waals surface area contributed by atoms with Gasteiger partial charge in [0, 0.05) is 5.56 Å². The minimum atomic E-state index is 0.348. The molecule has 0 radical (unpaired) electrons. The molecule has 0 atom stereocenters. The Kier molecular flexibility index (Phi) is 2.88. The molecule has 84 valence electrons. The van der Waals surface area contributed by atoms with Gasteiger partial charge in [-0.05, 0) is 18.2 Å². The Balaban J connectivity index is 2.52. The molecule has 0 amide bonds. The number of methoxy groups -OCH3 is 1. The van der Waals surface area contributed by atoms with Gasteiger partial charge >= 0.3 is 0 Å². The van der Waals surface area contributed by atoms with Crippen LogP contribution in [-0.4, -0.2) is 17.1 Å². The second kappa shape index (κ2) is 4.49. The van der Waals surface area contributed by atoms with Crippen LogP contribution in [0.4, 0.5) is 5.82 Å². The van der Waals surface area contributed by atoms with Gasteiger partial charge in [0.05, 0.1) is 36.8 Å². The standard InChI is InChI=1S/C12H10N4O/c1-17-9-2-3-10(8(4-9)5-13)11-6-16-12(14)7-15-11/h2-4,6-7H,1H3,(H2,14,16). The fraction of sp³-hybridized carbons (Fsp3) is 0.0833. The Morgan fingerprint density at radius 1 is 1.29 bits per heavy atom. The zero-order valence-electron chi connectivity index (χ0n) is 9.21. The maximum Gasteiger partial charge on any atom is 0.141 e. The molecule has 2 N–H and O–H groups in total. The smallest absolute Gasteiger partial charge is 0.141 e. The van der Waals surface area contributed by atoms with E-state index in [0.717, 1.165) is 0 Å². The molecule has 0 spiro atoms. The van der Waals surface area contributed by atoms with E-state index < -0.39 is 0 Å². The van der Waals surface area contributed by atoms with E-state index in [-0.39, 0.29) is 0 Å². The van der Waals surface area contributed by atoms with Crippen LogP contribution < -0.4 is 10.5 Å². The second-order valence-corrected chi connectivity index (χ2v) is 3.35. The summed E-state index contributed by atoms with van der Waals surface area (Å²) in [5.74, 6) is 0.981. The van der Waals surface area contributed by atoms with Crippen LogP contribution in [0, 0.1) is 11.3 Å². The molecule has 1 heterocycles. The lowest BCUT2D eigenvalue weighted by atomic mass is 10.1. The predicted octanol–water partition coefficient (Wildman–Crippen LogP) is 1.61. The average molecular weight is 226 g/mol. The van der Waals surface area contributed by atoms with Crippen LogP contribution >= 0.6 is 0 Å². The number of hydrogen-bond acceptors (Lipinski definition) is 5. The Bertz CT molecular complexity index is 572. The Labute approximate surface area is 98.5 Å². The van der Waals surface area contributed by atoms with Gasteiger partial charge < -0.3 is 10.5 Å². The van der Waals surface area contributed by atoms with E-state index in [1.165, 1.54) is 12.4 Å². The van der Waals surface area contributed by atoms with Crippen molar-refractivity contribution in [1.82, 2.24) is 9.97 Å². The molecule has 1 aromatic carbocycles. The third-order valence-corrected chi connectivity index (χ3v) is 2.29. The van der Waals surface area contributed by atoms with Crippen molar-refractivity contribution >= 4 is 5.82 Å². The Morgan fingerprint density at radius 2 is 2.12 bits per heavy atom. The molecular formula is C12H10N4O. The number of nitrogens with zero attached hydrogens (tertiary/aromatic N) is 3. The number of benzene rings is 1. The lowest BCUT2D eigenvalue weighted by Crippen LogP contribution is -1.94. The molecule has 5 nitrogen and oxygen atoms in total. The number of aromatic nitrogens is 2. The monoisotopic (exact) mass is 226 g/mol. The zero-order chi connectivity index (χ0) is 12.3. The highest BCUT2D eigenvalue weighted by atomic mass is 16.5. The molecule has 0 aliphatic heterocycles. The van der Waals surface area contributed by atoms with Crippen molar-refractivity contribution in [2.24, 2.45) is 0 Å². The van der Waals surface area contributed by atoms with Gasteiger partial charge in [-0.2, -0.15) is 5.26 Å². The van der Waals surface area contributed by atoms with Crippen molar-refractivity contribution in [1.29, 1.82) is 5.26 Å². The highest BCUT2D eigenvalue weighted by molar-refractivity contribution is 5.68. The van der Waals surface area contributed by atoms with E-state index >= 15 is 0 Å². The summed E-state index contributed by atoms with van der Waals surface area (Å²) in [6.07, 6.45) is 3.00. The molecule has 17 heavy (non-hydrogen) atoms. The fourth-order valence-electron chi connectivity index (χ4n) is 1.44. The van der Waals surface area contributed by atoms with Crippen molar-refractivity contribution < 1.29 is 4.74 Å². The van der Waals surface area contributed by atoms with Gasteiger partial charge in [0.1, 0.15) is 11.6 Å². The minimum absolute atomic E-state index is 0.348. The highest BCUT2D eigenvalue weighted by Gasteiger charge is 2.07. The Hall–Kier alpha value is -2.61. The number of ether oxygens (including phenoxy) is 1. The molecule has 0 aliphatic rings. The van der Waals surface area contributed by atoms with Gasteiger partial charge in [0.15, 0.2) is 0 Å². The van der Waals surface area contributed by atoms with E-state index in [0.29, 0.717) is 28.4 Å². The number of rotatable bonds is 2. The van der Waals surface area contributed by atoms with Gasteiger partial charge in [-0.3, -0.25) is 4.98 Å². The SMILES string of the molecule is COc1ccc(-c2cnc(N)cn2)c(C#N)c1. The average Bonchev–Trinajstić information content (AvgIpc) is 2.39.